The SMILES string of the molecule is COc1cc([C@@H]2CC(=O)Oc3c2c(C)cc2oc(=O)cc(-c4ccccc4)c32)cc(OC)c1OC(C)=O. The number of fused-ring (bicyclic) bond motifs is 3. The quantitative estimate of drug-likeness (QED) is 0.211. The Labute approximate surface area is 212 Å². The molecule has 0 bridgehead atoms. The number of rotatable bonds is 5. The van der Waals surface area contributed by atoms with Gasteiger partial charge in [-0.15, -0.1) is 0 Å². The highest BCUT2D eigenvalue weighted by atomic mass is 16.6. The third kappa shape index (κ3) is 4.31. The van der Waals surface area contributed by atoms with E-state index in [0.29, 0.717) is 39.3 Å². The molecule has 1 aliphatic rings. The van der Waals surface area contributed by atoms with Gasteiger partial charge >= 0.3 is 17.6 Å². The minimum Gasteiger partial charge on any atom is -0.493 e. The summed E-state index contributed by atoms with van der Waals surface area (Å²) in [5.74, 6) is -0.293. The van der Waals surface area contributed by atoms with E-state index in [1.807, 2.05) is 37.3 Å². The predicted octanol–water partition coefficient (Wildman–Crippen LogP) is 5.15. The van der Waals surface area contributed by atoms with Crippen LogP contribution >= 0.6 is 0 Å². The topological polar surface area (TPSA) is 101 Å². The van der Waals surface area contributed by atoms with E-state index in [-0.39, 0.29) is 12.2 Å². The molecule has 37 heavy (non-hydrogen) atoms. The maximum atomic E-state index is 13.0. The first-order valence-corrected chi connectivity index (χ1v) is 11.6. The molecule has 0 saturated carbocycles. The highest BCUT2D eigenvalue weighted by Gasteiger charge is 2.34. The second-order valence-electron chi connectivity index (χ2n) is 8.73. The Bertz CT molecular complexity index is 1580. The van der Waals surface area contributed by atoms with Crippen LogP contribution in [0, 0.1) is 6.92 Å². The van der Waals surface area contributed by atoms with E-state index in [1.165, 1.54) is 27.2 Å². The second kappa shape index (κ2) is 9.46. The van der Waals surface area contributed by atoms with Gasteiger partial charge in [-0.25, -0.2) is 4.79 Å². The maximum absolute atomic E-state index is 13.0. The number of carbonyl (C=O) groups excluding carboxylic acids is 2. The molecule has 4 aromatic rings. The Morgan fingerprint density at radius 1 is 0.973 bits per heavy atom. The van der Waals surface area contributed by atoms with Crippen molar-refractivity contribution >= 4 is 22.9 Å². The van der Waals surface area contributed by atoms with Crippen molar-refractivity contribution in [2.75, 3.05) is 14.2 Å². The van der Waals surface area contributed by atoms with Crippen LogP contribution in [0.3, 0.4) is 0 Å². The number of carbonyl (C=O) groups is 2. The molecule has 188 valence electrons. The molecule has 0 saturated heterocycles. The second-order valence-corrected chi connectivity index (χ2v) is 8.73. The lowest BCUT2D eigenvalue weighted by atomic mass is 9.82. The standard InChI is InChI=1S/C29H24O8/c1-15-10-21-27(19(13-24(31)36-21)17-8-6-5-7-9-17)29-26(15)20(14-25(32)37-29)18-11-22(33-3)28(35-16(2)30)23(12-18)34-4/h5-13,20H,14H2,1-4H3/t20-/m0/s1. The lowest BCUT2D eigenvalue weighted by Gasteiger charge is -2.29. The van der Waals surface area contributed by atoms with Gasteiger partial charge in [0.2, 0.25) is 5.75 Å². The monoisotopic (exact) mass is 500 g/mol. The zero-order valence-electron chi connectivity index (χ0n) is 20.7. The first kappa shape index (κ1) is 24.1. The van der Waals surface area contributed by atoms with E-state index in [2.05, 4.69) is 0 Å². The molecule has 1 atom stereocenters. The highest BCUT2D eigenvalue weighted by molar-refractivity contribution is 6.01. The molecule has 0 radical (unpaired) electrons. The Kier molecular flexibility index (Phi) is 6.17. The van der Waals surface area contributed by atoms with Crippen LogP contribution in [0.15, 0.2) is 63.8 Å². The molecule has 0 fully saturated rings. The summed E-state index contributed by atoms with van der Waals surface area (Å²) in [6.07, 6.45) is 0.0655. The van der Waals surface area contributed by atoms with E-state index < -0.39 is 23.5 Å². The summed E-state index contributed by atoms with van der Waals surface area (Å²) < 4.78 is 27.7. The van der Waals surface area contributed by atoms with Gasteiger partial charge in [0.15, 0.2) is 11.5 Å². The average Bonchev–Trinajstić information content (AvgIpc) is 2.87. The largest absolute Gasteiger partial charge is 0.493 e. The molecule has 5 rings (SSSR count). The van der Waals surface area contributed by atoms with Crippen LogP contribution in [0.1, 0.15) is 36.0 Å². The van der Waals surface area contributed by atoms with Gasteiger partial charge in [0.25, 0.3) is 0 Å². The van der Waals surface area contributed by atoms with Crippen molar-refractivity contribution in [1.82, 2.24) is 0 Å². The molecule has 3 aromatic carbocycles. The summed E-state index contributed by atoms with van der Waals surface area (Å²) >= 11 is 0. The Hall–Kier alpha value is -4.59. The number of benzene rings is 3. The Balaban J connectivity index is 1.79. The summed E-state index contributed by atoms with van der Waals surface area (Å²) in [4.78, 5) is 37.0. The smallest absolute Gasteiger partial charge is 0.336 e. The highest BCUT2D eigenvalue weighted by Crippen LogP contribution is 2.49. The van der Waals surface area contributed by atoms with Gasteiger partial charge in [0.05, 0.1) is 26.0 Å². The molecule has 0 spiro atoms. The van der Waals surface area contributed by atoms with Gasteiger partial charge in [0.1, 0.15) is 11.3 Å². The summed E-state index contributed by atoms with van der Waals surface area (Å²) in [5.41, 5.74) is 3.51. The molecular weight excluding hydrogens is 476 g/mol. The third-order valence-electron chi connectivity index (χ3n) is 6.38. The first-order chi connectivity index (χ1) is 17.8. The van der Waals surface area contributed by atoms with Crippen molar-refractivity contribution in [2.45, 2.75) is 26.2 Å². The molecule has 2 heterocycles. The number of methoxy groups -OCH3 is 2. The molecule has 8 nitrogen and oxygen atoms in total. The molecule has 0 unspecified atom stereocenters. The van der Waals surface area contributed by atoms with Crippen LogP contribution in [0.4, 0.5) is 0 Å². The number of hydrogen-bond acceptors (Lipinski definition) is 8. The predicted molar refractivity (Wildman–Crippen MR) is 136 cm³/mol. The zero-order valence-corrected chi connectivity index (χ0v) is 20.7. The molecule has 1 aromatic heterocycles. The molecule has 1 aliphatic heterocycles. The number of ether oxygens (including phenoxy) is 4. The fraction of sp³-hybridized carbons (Fsp3) is 0.207. The molecule has 0 amide bonds. The molecule has 0 aliphatic carbocycles. The minimum atomic E-state index is -0.520. The van der Waals surface area contributed by atoms with Crippen molar-refractivity contribution in [2.24, 2.45) is 0 Å². The summed E-state index contributed by atoms with van der Waals surface area (Å²) in [6, 6.07) is 16.0. The molecular formula is C29H24O8. The van der Waals surface area contributed by atoms with E-state index in [0.717, 1.165) is 16.7 Å². The van der Waals surface area contributed by atoms with Crippen LogP contribution in [-0.4, -0.2) is 26.2 Å². The van der Waals surface area contributed by atoms with Gasteiger partial charge in [-0.1, -0.05) is 30.3 Å². The van der Waals surface area contributed by atoms with Crippen LogP contribution in [-0.2, 0) is 9.59 Å². The van der Waals surface area contributed by atoms with Crippen LogP contribution < -0.4 is 24.6 Å². The summed E-state index contributed by atoms with van der Waals surface area (Å²) in [5, 5.41) is 0.542. The fourth-order valence-electron chi connectivity index (χ4n) is 4.87. The third-order valence-corrected chi connectivity index (χ3v) is 6.38. The van der Waals surface area contributed by atoms with Crippen molar-refractivity contribution in [3.8, 4) is 34.1 Å². The van der Waals surface area contributed by atoms with Crippen molar-refractivity contribution < 1.29 is 33.0 Å². The van der Waals surface area contributed by atoms with Crippen molar-refractivity contribution in [3.63, 3.8) is 0 Å². The van der Waals surface area contributed by atoms with E-state index in [1.54, 1.807) is 18.2 Å². The number of aryl methyl sites for hydroxylation is 1. The average molecular weight is 501 g/mol. The van der Waals surface area contributed by atoms with Gasteiger partial charge in [0, 0.05) is 30.0 Å². The van der Waals surface area contributed by atoms with E-state index in [9.17, 15) is 14.4 Å². The lowest BCUT2D eigenvalue weighted by Crippen LogP contribution is -2.22. The first-order valence-electron chi connectivity index (χ1n) is 11.6. The van der Waals surface area contributed by atoms with Gasteiger partial charge in [-0.3, -0.25) is 9.59 Å². The van der Waals surface area contributed by atoms with Crippen LogP contribution in [0.2, 0.25) is 0 Å². The maximum Gasteiger partial charge on any atom is 0.336 e. The normalized spacial score (nSPS) is 14.6. The lowest BCUT2D eigenvalue weighted by molar-refractivity contribution is -0.135. The number of esters is 2. The number of hydrogen-bond donors (Lipinski definition) is 0. The molecule has 8 heteroatoms. The Morgan fingerprint density at radius 3 is 2.27 bits per heavy atom. The Morgan fingerprint density at radius 2 is 1.65 bits per heavy atom. The van der Waals surface area contributed by atoms with Crippen molar-refractivity contribution in [3.05, 3.63) is 81.7 Å². The van der Waals surface area contributed by atoms with Gasteiger partial charge in [-0.05, 0) is 41.8 Å². The fourth-order valence-corrected chi connectivity index (χ4v) is 4.87. The molecule has 0 N–H and O–H groups in total. The van der Waals surface area contributed by atoms with E-state index in [4.69, 9.17) is 23.4 Å². The van der Waals surface area contributed by atoms with E-state index >= 15 is 0 Å². The van der Waals surface area contributed by atoms with Crippen LogP contribution in [0.25, 0.3) is 22.1 Å². The summed E-state index contributed by atoms with van der Waals surface area (Å²) in [7, 11) is 2.92. The summed E-state index contributed by atoms with van der Waals surface area (Å²) in [6.45, 7) is 3.17. The minimum absolute atomic E-state index is 0.0655. The van der Waals surface area contributed by atoms with Gasteiger partial charge < -0.3 is 23.4 Å². The van der Waals surface area contributed by atoms with Crippen LogP contribution in [0.5, 0.6) is 23.0 Å². The van der Waals surface area contributed by atoms with Crippen molar-refractivity contribution in [1.29, 1.82) is 0 Å². The van der Waals surface area contributed by atoms with Gasteiger partial charge in [-0.2, -0.15) is 0 Å². The zero-order chi connectivity index (χ0) is 26.3.